The number of benzene rings is 2. The summed E-state index contributed by atoms with van der Waals surface area (Å²) < 4.78 is 39.6. The van der Waals surface area contributed by atoms with E-state index in [1.54, 1.807) is 18.2 Å². The lowest BCUT2D eigenvalue weighted by molar-refractivity contribution is -0.357. The van der Waals surface area contributed by atoms with E-state index in [1.807, 2.05) is 37.3 Å². The van der Waals surface area contributed by atoms with Crippen molar-refractivity contribution in [3.8, 4) is 5.75 Å². The Hall–Kier alpha value is -3.18. The molecule has 1 unspecified atom stereocenters. The summed E-state index contributed by atoms with van der Waals surface area (Å²) in [5.41, 5.74) is 1.67. The minimum absolute atomic E-state index is 0.0400. The van der Waals surface area contributed by atoms with Crippen LogP contribution in [0.1, 0.15) is 31.3 Å². The third-order valence-corrected chi connectivity index (χ3v) is 5.94. The summed E-state index contributed by atoms with van der Waals surface area (Å²) in [4.78, 5) is 36.6. The van der Waals surface area contributed by atoms with Gasteiger partial charge in [-0.3, -0.25) is 9.59 Å². The van der Waals surface area contributed by atoms with Crippen molar-refractivity contribution < 1.29 is 47.5 Å². The lowest BCUT2D eigenvalue weighted by atomic mass is 9.97. The van der Waals surface area contributed by atoms with Gasteiger partial charge in [-0.1, -0.05) is 48.0 Å². The van der Waals surface area contributed by atoms with Crippen molar-refractivity contribution in [2.24, 2.45) is 0 Å². The maximum Gasteiger partial charge on any atom is 0.346 e. The zero-order chi connectivity index (χ0) is 26.5. The van der Waals surface area contributed by atoms with Gasteiger partial charge >= 0.3 is 17.9 Å². The van der Waals surface area contributed by atoms with Gasteiger partial charge in [0.15, 0.2) is 19.0 Å². The smallest absolute Gasteiger partial charge is 0.346 e. The Morgan fingerprint density at radius 3 is 2.32 bits per heavy atom. The first-order chi connectivity index (χ1) is 17.7. The number of fused-ring (bicyclic) bond motifs is 1. The molecule has 0 spiro atoms. The first-order valence-electron chi connectivity index (χ1n) is 11.6. The van der Waals surface area contributed by atoms with Gasteiger partial charge in [0.05, 0.1) is 11.6 Å². The molecule has 11 heteroatoms. The second-order valence-electron chi connectivity index (χ2n) is 8.58. The molecule has 198 valence electrons. The molecule has 4 rings (SSSR count). The van der Waals surface area contributed by atoms with Crippen LogP contribution in [0.5, 0.6) is 5.75 Å². The predicted octanol–water partition coefficient (Wildman–Crippen LogP) is 3.27. The van der Waals surface area contributed by atoms with E-state index in [0.29, 0.717) is 10.8 Å². The summed E-state index contributed by atoms with van der Waals surface area (Å²) in [6.45, 7) is 3.80. The molecule has 6 atom stereocenters. The third-order valence-electron chi connectivity index (χ3n) is 5.64. The van der Waals surface area contributed by atoms with Gasteiger partial charge in [0.2, 0.25) is 12.4 Å². The van der Waals surface area contributed by atoms with Crippen molar-refractivity contribution in [1.29, 1.82) is 0 Å². The molecule has 0 radical (unpaired) electrons. The van der Waals surface area contributed by atoms with Gasteiger partial charge in [0.1, 0.15) is 18.0 Å². The van der Waals surface area contributed by atoms with Crippen molar-refractivity contribution in [2.45, 2.75) is 57.8 Å². The van der Waals surface area contributed by atoms with Crippen LogP contribution in [0.25, 0.3) is 0 Å². The van der Waals surface area contributed by atoms with Crippen molar-refractivity contribution in [3.63, 3.8) is 0 Å². The third kappa shape index (κ3) is 6.78. The standard InChI is InChI=1S/C26H27ClO10/c1-14-9-10-19(18(27)11-14)31-13-21(30)36-26-24(34-16(3)29)23(33-15(2)28)22-20(35-26)12-32-25(37-22)17-7-5-4-6-8-17/h4-11,20,22-26H,12-13H2,1-3H3/t20-,22-,23+,24-,25?,26-/m1/s1. The summed E-state index contributed by atoms with van der Waals surface area (Å²) >= 11 is 6.15. The number of esters is 3. The monoisotopic (exact) mass is 534 g/mol. The molecule has 2 aliphatic rings. The molecule has 37 heavy (non-hydrogen) atoms. The minimum Gasteiger partial charge on any atom is -0.480 e. The number of ether oxygens (including phenoxy) is 7. The van der Waals surface area contributed by atoms with Gasteiger partial charge in [0, 0.05) is 19.4 Å². The van der Waals surface area contributed by atoms with E-state index in [0.717, 1.165) is 11.1 Å². The summed E-state index contributed by atoms with van der Waals surface area (Å²) in [6, 6.07) is 14.3. The fraction of sp³-hybridized carbons (Fsp3) is 0.423. The highest BCUT2D eigenvalue weighted by molar-refractivity contribution is 6.32. The summed E-state index contributed by atoms with van der Waals surface area (Å²) in [6.07, 6.45) is -6.29. The molecule has 0 bridgehead atoms. The lowest BCUT2D eigenvalue weighted by Crippen LogP contribution is -2.64. The van der Waals surface area contributed by atoms with Gasteiger partial charge in [-0.05, 0) is 24.6 Å². The van der Waals surface area contributed by atoms with Crippen LogP contribution in [0, 0.1) is 6.92 Å². The molecule has 0 amide bonds. The normalized spacial score (nSPS) is 26.9. The zero-order valence-corrected chi connectivity index (χ0v) is 21.2. The highest BCUT2D eigenvalue weighted by atomic mass is 35.5. The number of carbonyl (C=O) groups excluding carboxylic acids is 3. The molecule has 0 N–H and O–H groups in total. The minimum atomic E-state index is -1.42. The Bertz CT molecular complexity index is 1120. The van der Waals surface area contributed by atoms with E-state index in [4.69, 9.17) is 44.8 Å². The fourth-order valence-corrected chi connectivity index (χ4v) is 4.38. The Morgan fingerprint density at radius 2 is 1.65 bits per heavy atom. The molecule has 0 saturated carbocycles. The molecule has 10 nitrogen and oxygen atoms in total. The maximum absolute atomic E-state index is 12.6. The fourth-order valence-electron chi connectivity index (χ4n) is 4.09. The Morgan fingerprint density at radius 1 is 0.946 bits per heavy atom. The Labute approximate surface area is 218 Å². The van der Waals surface area contributed by atoms with Crippen LogP contribution in [0.3, 0.4) is 0 Å². The van der Waals surface area contributed by atoms with Crippen LogP contribution >= 0.6 is 11.6 Å². The predicted molar refractivity (Wildman–Crippen MR) is 128 cm³/mol. The van der Waals surface area contributed by atoms with Gasteiger partial charge in [-0.2, -0.15) is 0 Å². The van der Waals surface area contributed by atoms with Crippen LogP contribution in [0.2, 0.25) is 5.02 Å². The van der Waals surface area contributed by atoms with E-state index in [2.05, 4.69) is 0 Å². The Balaban J connectivity index is 1.51. The van der Waals surface area contributed by atoms with Gasteiger partial charge in [0.25, 0.3) is 0 Å². The molecular formula is C26H27ClO10. The molecule has 2 aliphatic heterocycles. The number of carbonyl (C=O) groups is 3. The van der Waals surface area contributed by atoms with E-state index >= 15 is 0 Å². The second kappa shape index (κ2) is 11.9. The summed E-state index contributed by atoms with van der Waals surface area (Å²) in [7, 11) is 0. The number of rotatable bonds is 7. The van der Waals surface area contributed by atoms with Crippen LogP contribution in [-0.4, -0.2) is 61.8 Å². The highest BCUT2D eigenvalue weighted by Gasteiger charge is 2.54. The van der Waals surface area contributed by atoms with E-state index in [9.17, 15) is 14.4 Å². The van der Waals surface area contributed by atoms with Crippen LogP contribution in [-0.2, 0) is 42.8 Å². The number of halogens is 1. The largest absolute Gasteiger partial charge is 0.480 e. The first-order valence-corrected chi connectivity index (χ1v) is 12.0. The molecule has 2 fully saturated rings. The molecule has 0 aromatic heterocycles. The molecule has 2 saturated heterocycles. The number of hydrogen-bond donors (Lipinski definition) is 0. The van der Waals surface area contributed by atoms with Crippen molar-refractivity contribution in [1.82, 2.24) is 0 Å². The van der Waals surface area contributed by atoms with Crippen molar-refractivity contribution >= 4 is 29.5 Å². The topological polar surface area (TPSA) is 116 Å². The average molecular weight is 535 g/mol. The number of aryl methyl sites for hydroxylation is 1. The zero-order valence-electron chi connectivity index (χ0n) is 20.5. The van der Waals surface area contributed by atoms with Crippen molar-refractivity contribution in [2.75, 3.05) is 13.2 Å². The molecule has 2 aromatic rings. The molecule has 2 aromatic carbocycles. The van der Waals surface area contributed by atoms with E-state index in [-0.39, 0.29) is 6.61 Å². The van der Waals surface area contributed by atoms with Gasteiger partial charge < -0.3 is 33.2 Å². The van der Waals surface area contributed by atoms with Crippen LogP contribution < -0.4 is 4.74 Å². The average Bonchev–Trinajstić information content (AvgIpc) is 2.85. The van der Waals surface area contributed by atoms with Crippen LogP contribution in [0.15, 0.2) is 48.5 Å². The molecular weight excluding hydrogens is 508 g/mol. The van der Waals surface area contributed by atoms with E-state index < -0.39 is 61.5 Å². The maximum atomic E-state index is 12.6. The summed E-state index contributed by atoms with van der Waals surface area (Å²) in [5.74, 6) is -1.86. The van der Waals surface area contributed by atoms with Crippen LogP contribution in [0.4, 0.5) is 0 Å². The number of hydrogen-bond acceptors (Lipinski definition) is 10. The highest BCUT2D eigenvalue weighted by Crippen LogP contribution is 2.37. The van der Waals surface area contributed by atoms with Gasteiger partial charge in [-0.15, -0.1) is 0 Å². The Kier molecular flexibility index (Phi) is 8.65. The molecule has 2 heterocycles. The van der Waals surface area contributed by atoms with Gasteiger partial charge in [-0.25, -0.2) is 4.79 Å². The quantitative estimate of drug-likeness (QED) is 0.387. The lowest BCUT2D eigenvalue weighted by Gasteiger charge is -2.47. The SMILES string of the molecule is CC(=O)O[C@@H]1[C@@H](OC(C)=O)[C@@H](OC(=O)COc2ccc(C)cc2Cl)O[C@@H]2COC(c3ccccc3)O[C@@H]12. The summed E-state index contributed by atoms with van der Waals surface area (Å²) in [5, 5.41) is 0.335. The first kappa shape index (κ1) is 26.9. The van der Waals surface area contributed by atoms with Crippen molar-refractivity contribution in [3.05, 3.63) is 64.7 Å². The molecule has 0 aliphatic carbocycles. The van der Waals surface area contributed by atoms with E-state index in [1.165, 1.54) is 13.8 Å². The second-order valence-corrected chi connectivity index (χ2v) is 8.99.